The van der Waals surface area contributed by atoms with E-state index < -0.39 is 41.5 Å². The van der Waals surface area contributed by atoms with Crippen molar-refractivity contribution in [2.75, 3.05) is 13.7 Å². The highest BCUT2D eigenvalue weighted by molar-refractivity contribution is 6.39. The molecule has 0 bridgehead atoms. The van der Waals surface area contributed by atoms with Crippen molar-refractivity contribution in [2.45, 2.75) is 122 Å². The third-order valence-corrected chi connectivity index (χ3v) is 9.09. The Balaban J connectivity index is 1.62. The molecule has 0 radical (unpaired) electrons. The van der Waals surface area contributed by atoms with Gasteiger partial charge in [0.05, 0.1) is 18.3 Å². The number of nitrogens with zero attached hydrogens (tertiary/aromatic N) is 1. The Morgan fingerprint density at radius 2 is 1.78 bits per heavy atom. The largest absolute Gasteiger partial charge is 0.461 e. The van der Waals surface area contributed by atoms with Crippen LogP contribution in [0.2, 0.25) is 0 Å². The van der Waals surface area contributed by atoms with E-state index in [9.17, 15) is 24.6 Å². The molecule has 1 aliphatic carbocycles. The molecule has 3 rings (SSSR count). The van der Waals surface area contributed by atoms with E-state index in [1.807, 2.05) is 20.8 Å². The fourth-order valence-corrected chi connectivity index (χ4v) is 6.16. The number of amides is 1. The van der Waals surface area contributed by atoms with Crippen LogP contribution >= 0.6 is 0 Å². The molecule has 3 fully saturated rings. The minimum atomic E-state index is -2.19. The monoisotopic (exact) mass is 525 g/mol. The maximum Gasteiger partial charge on any atom is 0.329 e. The summed E-state index contributed by atoms with van der Waals surface area (Å²) in [6.07, 6.45) is 4.26. The molecule has 9 nitrogen and oxygen atoms in total. The number of carbonyl (C=O) groups is 3. The van der Waals surface area contributed by atoms with Gasteiger partial charge in [-0.3, -0.25) is 9.59 Å². The van der Waals surface area contributed by atoms with Crippen molar-refractivity contribution >= 4 is 17.7 Å². The molecule has 10 unspecified atom stereocenters. The maximum atomic E-state index is 13.3. The molecular formula is C28H47NO8. The van der Waals surface area contributed by atoms with Gasteiger partial charge >= 0.3 is 5.97 Å². The van der Waals surface area contributed by atoms with E-state index >= 15 is 0 Å². The third kappa shape index (κ3) is 6.72. The summed E-state index contributed by atoms with van der Waals surface area (Å²) < 4.78 is 16.9. The highest BCUT2D eigenvalue weighted by atomic mass is 16.6. The lowest BCUT2D eigenvalue weighted by molar-refractivity contribution is -0.270. The molecule has 3 aliphatic rings. The second kappa shape index (κ2) is 12.5. The lowest BCUT2D eigenvalue weighted by Gasteiger charge is -2.43. The number of Topliss-reactive ketones (excluding diaryl/α,β-unsaturated/α-hetero) is 1. The quantitative estimate of drug-likeness (QED) is 0.366. The van der Waals surface area contributed by atoms with Crippen LogP contribution in [0.15, 0.2) is 0 Å². The van der Waals surface area contributed by atoms with E-state index in [1.54, 1.807) is 21.0 Å². The lowest BCUT2D eigenvalue weighted by atomic mass is 9.79. The zero-order chi connectivity index (χ0) is 27.5. The summed E-state index contributed by atoms with van der Waals surface area (Å²) in [6, 6.07) is -0.860. The van der Waals surface area contributed by atoms with Crippen LogP contribution < -0.4 is 0 Å². The Kier molecular flexibility index (Phi) is 10.2. The van der Waals surface area contributed by atoms with E-state index in [2.05, 4.69) is 0 Å². The van der Waals surface area contributed by atoms with E-state index in [1.165, 1.54) is 4.90 Å². The number of carbonyl (C=O) groups excluding carboxylic acids is 3. The number of piperidine rings is 1. The Labute approximate surface area is 221 Å². The zero-order valence-corrected chi connectivity index (χ0v) is 23.4. The smallest absolute Gasteiger partial charge is 0.329 e. The summed E-state index contributed by atoms with van der Waals surface area (Å²) in [5.41, 5.74) is 0. The molecule has 0 spiro atoms. The van der Waals surface area contributed by atoms with Gasteiger partial charge in [-0.15, -0.1) is 0 Å². The number of likely N-dealkylation sites (tertiary alicyclic amines) is 1. The minimum absolute atomic E-state index is 0.0803. The predicted octanol–water partition coefficient (Wildman–Crippen LogP) is 2.84. The molecule has 2 saturated heterocycles. The minimum Gasteiger partial charge on any atom is -0.461 e. The fraction of sp³-hybridized carbons (Fsp3) is 0.893. The molecule has 10 atom stereocenters. The Hall–Kier alpha value is -1.55. The summed E-state index contributed by atoms with van der Waals surface area (Å²) in [4.78, 5) is 41.0. The molecule has 2 N–H and O–H groups in total. The standard InChI is InChI=1S/C28H47NO8/c1-16-13-18(3)28(34,37-20(16)5)25(31)26(32)29-12-8-7-9-22(29)27(33)36-19(4)17(2)14-21-10-11-23(30)24(15-21)35-6/h16-24,30,34H,7-15H2,1-6H3. The average Bonchev–Trinajstić information content (AvgIpc) is 2.87. The number of hydrogen-bond donors (Lipinski definition) is 2. The number of rotatable bonds is 8. The van der Waals surface area contributed by atoms with E-state index in [0.717, 1.165) is 25.7 Å². The molecule has 0 aromatic carbocycles. The van der Waals surface area contributed by atoms with Gasteiger partial charge in [-0.2, -0.15) is 0 Å². The second-order valence-electron chi connectivity index (χ2n) is 11.8. The normalized spacial score (nSPS) is 38.5. The summed E-state index contributed by atoms with van der Waals surface area (Å²) in [5.74, 6) is -4.53. The second-order valence-corrected chi connectivity index (χ2v) is 11.8. The van der Waals surface area contributed by atoms with E-state index in [4.69, 9.17) is 14.2 Å². The summed E-state index contributed by atoms with van der Waals surface area (Å²) >= 11 is 0. The Morgan fingerprint density at radius 3 is 2.46 bits per heavy atom. The van der Waals surface area contributed by atoms with Gasteiger partial charge in [0.2, 0.25) is 5.79 Å². The van der Waals surface area contributed by atoms with Crippen LogP contribution in [0.3, 0.4) is 0 Å². The summed E-state index contributed by atoms with van der Waals surface area (Å²) in [5, 5.41) is 21.2. The number of hydrogen-bond acceptors (Lipinski definition) is 8. The first-order valence-corrected chi connectivity index (χ1v) is 14.1. The van der Waals surface area contributed by atoms with Crippen LogP contribution in [0, 0.1) is 23.7 Å². The van der Waals surface area contributed by atoms with Crippen LogP contribution in [-0.2, 0) is 28.6 Å². The van der Waals surface area contributed by atoms with Gasteiger partial charge in [-0.25, -0.2) is 4.79 Å². The summed E-state index contributed by atoms with van der Waals surface area (Å²) in [6.45, 7) is 9.63. The van der Waals surface area contributed by atoms with Gasteiger partial charge in [0.15, 0.2) is 0 Å². The average molecular weight is 526 g/mol. The molecule has 2 aliphatic heterocycles. The molecule has 0 aromatic heterocycles. The van der Waals surface area contributed by atoms with Gasteiger partial charge < -0.3 is 29.3 Å². The number of aliphatic hydroxyl groups is 2. The molecule has 1 amide bonds. The van der Waals surface area contributed by atoms with Crippen molar-refractivity contribution < 1.29 is 38.8 Å². The number of ether oxygens (including phenoxy) is 3. The number of methoxy groups -OCH3 is 1. The van der Waals surface area contributed by atoms with Crippen LogP contribution in [-0.4, -0.2) is 82.7 Å². The highest BCUT2D eigenvalue weighted by Crippen LogP contribution is 2.37. The van der Waals surface area contributed by atoms with Crippen molar-refractivity contribution in [3.05, 3.63) is 0 Å². The van der Waals surface area contributed by atoms with Crippen molar-refractivity contribution in [1.82, 2.24) is 4.90 Å². The Morgan fingerprint density at radius 1 is 1.08 bits per heavy atom. The van der Waals surface area contributed by atoms with Crippen molar-refractivity contribution in [3.63, 3.8) is 0 Å². The first-order valence-electron chi connectivity index (χ1n) is 14.1. The van der Waals surface area contributed by atoms with Crippen molar-refractivity contribution in [2.24, 2.45) is 23.7 Å². The molecule has 9 heteroatoms. The number of aliphatic hydroxyl groups excluding tert-OH is 1. The maximum absolute atomic E-state index is 13.3. The first-order chi connectivity index (χ1) is 17.4. The van der Waals surface area contributed by atoms with Crippen molar-refractivity contribution in [3.8, 4) is 0 Å². The van der Waals surface area contributed by atoms with Crippen LogP contribution in [0.25, 0.3) is 0 Å². The van der Waals surface area contributed by atoms with Gasteiger partial charge in [0, 0.05) is 19.6 Å². The number of ketones is 1. The van der Waals surface area contributed by atoms with Gasteiger partial charge in [-0.1, -0.05) is 20.8 Å². The molecular weight excluding hydrogens is 478 g/mol. The lowest BCUT2D eigenvalue weighted by Crippen LogP contribution is -2.61. The van der Waals surface area contributed by atoms with Crippen LogP contribution in [0.4, 0.5) is 0 Å². The first kappa shape index (κ1) is 30.0. The summed E-state index contributed by atoms with van der Waals surface area (Å²) in [7, 11) is 1.62. The predicted molar refractivity (Wildman–Crippen MR) is 136 cm³/mol. The third-order valence-electron chi connectivity index (χ3n) is 9.09. The highest BCUT2D eigenvalue weighted by Gasteiger charge is 2.53. The van der Waals surface area contributed by atoms with Crippen LogP contribution in [0.5, 0.6) is 0 Å². The Bertz CT molecular complexity index is 820. The SMILES string of the molecule is COC1CC(CC(C)C(C)OC(=O)C2CCCCN2C(=O)C(=O)C2(O)OC(C)C(C)CC2C)CCC1O. The van der Waals surface area contributed by atoms with E-state index in [0.29, 0.717) is 31.6 Å². The number of esters is 1. The molecule has 1 saturated carbocycles. The topological polar surface area (TPSA) is 123 Å². The van der Waals surface area contributed by atoms with Crippen molar-refractivity contribution in [1.29, 1.82) is 0 Å². The van der Waals surface area contributed by atoms with Gasteiger partial charge in [0.1, 0.15) is 12.1 Å². The molecule has 37 heavy (non-hydrogen) atoms. The zero-order valence-electron chi connectivity index (χ0n) is 23.4. The van der Waals surface area contributed by atoms with E-state index in [-0.39, 0.29) is 36.7 Å². The molecule has 0 aromatic rings. The van der Waals surface area contributed by atoms with Gasteiger partial charge in [0.25, 0.3) is 11.7 Å². The fourth-order valence-electron chi connectivity index (χ4n) is 6.16. The molecule has 212 valence electrons. The van der Waals surface area contributed by atoms with Gasteiger partial charge in [-0.05, 0) is 83.0 Å². The van der Waals surface area contributed by atoms with Crippen LogP contribution in [0.1, 0.15) is 86.0 Å². The molecule has 2 heterocycles.